The van der Waals surface area contributed by atoms with E-state index in [0.717, 1.165) is 62.2 Å². The number of hydrogen-bond donors (Lipinski definition) is 6. The van der Waals surface area contributed by atoms with Crippen LogP contribution in [-0.4, -0.2) is 147 Å². The number of rotatable bonds is 34. The molecule has 1 aliphatic heterocycles. The molecule has 4 atom stereocenters. The Morgan fingerprint density at radius 1 is 0.857 bits per heavy atom. The van der Waals surface area contributed by atoms with Gasteiger partial charge in [-0.05, 0) is 124 Å². The third-order valence-corrected chi connectivity index (χ3v) is 13.0. The summed E-state index contributed by atoms with van der Waals surface area (Å²) in [5, 5.41) is 13.5. The largest absolute Gasteiger partial charge is 0.374 e. The number of methoxy groups -OCH3 is 2. The Balaban J connectivity index is 0.00000117. The standard InChI is InChI=1S/C23H32N4O4.C22H39N3O4S.C8H18N2O.C3H7NO/c1-17-9-11-18(12-10-17)25-23(31)19(7-4-5-15-24)26-20(28)8-3-2-6-16-27-21(29)13-14-22(27)30;1-9-16(6)10-20(26)25(13-28-7)18(14(2)3)11-19(29-8)22-24-17(12-30-22)21(27)23-15(4)5;1-10(2)7-5-3-4-6-8(9)11;1-2-4-3-5/h9-14,19H,2-8,15-16,24H2,1H3,(H,25,31)(H,26,28);12,14-16,18-19H,9-11,13H2,1-8H3,(H,23,27);3-7H2,1-2H3,(H2,9,11);3H,2H2,1H3,(H,4,5)/t;16-,18?,19?;;/m.0../s1. The fourth-order valence-corrected chi connectivity index (χ4v) is 8.36. The van der Waals surface area contributed by atoms with E-state index in [1.54, 1.807) is 19.6 Å². The van der Waals surface area contributed by atoms with Crippen molar-refractivity contribution < 1.29 is 47.8 Å². The van der Waals surface area contributed by atoms with Gasteiger partial charge in [0.15, 0.2) is 0 Å². The normalized spacial score (nSPS) is 13.3. The maximum atomic E-state index is 13.0. The number of imide groups is 1. The second kappa shape index (κ2) is 42.4. The van der Waals surface area contributed by atoms with Crippen LogP contribution in [0.5, 0.6) is 0 Å². The summed E-state index contributed by atoms with van der Waals surface area (Å²) in [5.74, 6) is -0.755. The Kier molecular flexibility index (Phi) is 39.3. The Morgan fingerprint density at radius 2 is 1.49 bits per heavy atom. The van der Waals surface area contributed by atoms with Crippen molar-refractivity contribution in [3.63, 3.8) is 0 Å². The molecule has 8 amide bonds. The molecular weight excluding hydrogens is 1000 g/mol. The molecule has 1 aromatic heterocycles. The number of amides is 8. The molecule has 21 heteroatoms. The molecule has 0 saturated heterocycles. The average molecular weight is 1100 g/mol. The van der Waals surface area contributed by atoms with Gasteiger partial charge in [-0.1, -0.05) is 64.7 Å². The van der Waals surface area contributed by atoms with E-state index in [-0.39, 0.29) is 78.6 Å². The van der Waals surface area contributed by atoms with Gasteiger partial charge in [-0.25, -0.2) is 4.98 Å². The quantitative estimate of drug-likeness (QED) is 0.0186. The lowest BCUT2D eigenvalue weighted by Gasteiger charge is -2.36. The van der Waals surface area contributed by atoms with Gasteiger partial charge in [0.1, 0.15) is 29.6 Å². The molecule has 0 aliphatic carbocycles. The van der Waals surface area contributed by atoms with E-state index in [2.05, 4.69) is 58.8 Å². The number of anilines is 1. The maximum Gasteiger partial charge on any atom is 0.270 e. The van der Waals surface area contributed by atoms with Crippen molar-refractivity contribution in [2.24, 2.45) is 23.3 Å². The molecule has 0 spiro atoms. The Morgan fingerprint density at radius 3 is 2.01 bits per heavy atom. The van der Waals surface area contributed by atoms with Gasteiger partial charge < -0.3 is 52.0 Å². The minimum Gasteiger partial charge on any atom is -0.374 e. The first-order valence-electron chi connectivity index (χ1n) is 27.2. The van der Waals surface area contributed by atoms with Crippen molar-refractivity contribution in [3.05, 3.63) is 58.1 Å². The third-order valence-electron chi connectivity index (χ3n) is 12.1. The van der Waals surface area contributed by atoms with Gasteiger partial charge in [-0.2, -0.15) is 0 Å². The fourth-order valence-electron chi connectivity index (χ4n) is 7.47. The molecule has 20 nitrogen and oxygen atoms in total. The molecule has 0 bridgehead atoms. The van der Waals surface area contributed by atoms with E-state index in [1.165, 1.54) is 28.4 Å². The molecule has 0 radical (unpaired) electrons. The molecule has 3 rings (SSSR count). The number of thiazole rings is 1. The summed E-state index contributed by atoms with van der Waals surface area (Å²) >= 11 is 1.41. The van der Waals surface area contributed by atoms with Gasteiger partial charge in [0.25, 0.3) is 17.7 Å². The van der Waals surface area contributed by atoms with Crippen molar-refractivity contribution in [1.82, 2.24) is 35.6 Å². The van der Waals surface area contributed by atoms with Gasteiger partial charge in [0.05, 0.1) is 0 Å². The first kappa shape index (κ1) is 71.4. The number of nitrogens with two attached hydrogens (primary N) is 2. The summed E-state index contributed by atoms with van der Waals surface area (Å²) in [7, 11) is 7.34. The van der Waals surface area contributed by atoms with Gasteiger partial charge in [-0.3, -0.25) is 43.3 Å². The van der Waals surface area contributed by atoms with Crippen LogP contribution in [0.2, 0.25) is 0 Å². The Bertz CT molecular complexity index is 2030. The van der Waals surface area contributed by atoms with E-state index in [0.29, 0.717) is 81.7 Å². The zero-order valence-electron chi connectivity index (χ0n) is 48.5. The fraction of sp³-hybridized carbons (Fsp3) is 0.661. The van der Waals surface area contributed by atoms with Crippen molar-refractivity contribution in [2.45, 2.75) is 170 Å². The number of aromatic nitrogens is 1. The first-order chi connectivity index (χ1) is 36.6. The van der Waals surface area contributed by atoms with Crippen molar-refractivity contribution in [2.75, 3.05) is 66.5 Å². The number of ether oxygens (including phenoxy) is 2. The van der Waals surface area contributed by atoms with Crippen LogP contribution in [0.15, 0.2) is 41.8 Å². The summed E-state index contributed by atoms with van der Waals surface area (Å²) in [5.41, 5.74) is 12.7. The van der Waals surface area contributed by atoms with Crippen molar-refractivity contribution in [3.8, 4) is 0 Å². The van der Waals surface area contributed by atoms with Crippen LogP contribution in [0.3, 0.4) is 0 Å². The average Bonchev–Trinajstić information content (AvgIpc) is 4.00. The van der Waals surface area contributed by atoms with Crippen LogP contribution in [0.25, 0.3) is 0 Å². The molecule has 1 aromatic carbocycles. The summed E-state index contributed by atoms with van der Waals surface area (Å²) in [6.07, 6.45) is 13.0. The number of benzene rings is 1. The Labute approximate surface area is 464 Å². The summed E-state index contributed by atoms with van der Waals surface area (Å²) in [4.78, 5) is 103. The second-order valence-corrected chi connectivity index (χ2v) is 20.8. The number of hydrogen-bond acceptors (Lipinski definition) is 14. The maximum absolute atomic E-state index is 13.0. The van der Waals surface area contributed by atoms with Gasteiger partial charge in [0.2, 0.25) is 30.0 Å². The number of nitrogens with zero attached hydrogens (tertiary/aromatic N) is 4. The van der Waals surface area contributed by atoms with Gasteiger partial charge in [0, 0.05) is 88.3 Å². The number of carbonyl (C=O) groups is 8. The molecule has 2 aromatic rings. The topological polar surface area (TPSA) is 278 Å². The summed E-state index contributed by atoms with van der Waals surface area (Å²) < 4.78 is 11.1. The van der Waals surface area contributed by atoms with E-state index in [4.69, 9.17) is 20.9 Å². The lowest BCUT2D eigenvalue weighted by molar-refractivity contribution is -0.143. The van der Waals surface area contributed by atoms with E-state index in [9.17, 15) is 38.4 Å². The highest BCUT2D eigenvalue weighted by Crippen LogP contribution is 2.31. The zero-order chi connectivity index (χ0) is 58.3. The van der Waals surface area contributed by atoms with Crippen LogP contribution in [0, 0.1) is 18.8 Å². The molecule has 77 heavy (non-hydrogen) atoms. The highest BCUT2D eigenvalue weighted by atomic mass is 32.1. The van der Waals surface area contributed by atoms with E-state index in [1.807, 2.05) is 71.0 Å². The van der Waals surface area contributed by atoms with Crippen LogP contribution in [0.4, 0.5) is 5.69 Å². The highest BCUT2D eigenvalue weighted by molar-refractivity contribution is 7.09. The minimum absolute atomic E-state index is 0.0466. The molecule has 0 fully saturated rings. The first-order valence-corrected chi connectivity index (χ1v) is 28.0. The molecule has 1 aliphatic rings. The van der Waals surface area contributed by atoms with E-state index >= 15 is 0 Å². The summed E-state index contributed by atoms with van der Waals surface area (Å²) in [6, 6.07) is 6.85. The van der Waals surface area contributed by atoms with Crippen LogP contribution < -0.4 is 32.7 Å². The molecular formula is C56H96N10O10S. The number of carbonyl (C=O) groups excluding carboxylic acids is 8. The number of aryl methyl sites for hydroxylation is 1. The van der Waals surface area contributed by atoms with Gasteiger partial charge in [-0.15, -0.1) is 11.3 Å². The zero-order valence-corrected chi connectivity index (χ0v) is 49.3. The van der Waals surface area contributed by atoms with Crippen LogP contribution in [-0.2, 0) is 43.0 Å². The molecule has 8 N–H and O–H groups in total. The monoisotopic (exact) mass is 1100 g/mol. The van der Waals surface area contributed by atoms with Crippen LogP contribution >= 0.6 is 11.3 Å². The predicted molar refractivity (Wildman–Crippen MR) is 305 cm³/mol. The highest BCUT2D eigenvalue weighted by Gasteiger charge is 2.32. The molecule has 3 unspecified atom stereocenters. The molecule has 436 valence electrons. The predicted octanol–water partition coefficient (Wildman–Crippen LogP) is 6.63. The molecule has 2 heterocycles. The van der Waals surface area contributed by atoms with Crippen LogP contribution in [0.1, 0.15) is 166 Å². The number of unbranched alkanes of at least 4 members (excludes halogenated alkanes) is 5. The molecule has 0 saturated carbocycles. The summed E-state index contributed by atoms with van der Waals surface area (Å²) in [6.45, 7) is 19.0. The number of primary amides is 1. The van der Waals surface area contributed by atoms with Gasteiger partial charge >= 0.3 is 0 Å². The second-order valence-electron chi connectivity index (χ2n) is 20.0. The minimum atomic E-state index is -0.619. The number of nitrogens with one attached hydrogen (secondary N) is 4. The van der Waals surface area contributed by atoms with Crippen molar-refractivity contribution in [1.29, 1.82) is 0 Å². The SMILES string of the molecule is CCNC=O.CC[C@H](C)CC(=O)N(COC)C(CC(OC)c1nc(C(=O)NC(C)C)cs1)C(C)C.CN(C)CCCCCC(N)=O.Cc1ccc(NC(=O)C(CCCCN)NC(=O)CCCCCN2C(=O)C=CC2=O)cc1. The lowest BCUT2D eigenvalue weighted by atomic mass is 9.95. The van der Waals surface area contributed by atoms with Crippen molar-refractivity contribution >= 4 is 64.8 Å². The Hall–Kier alpha value is -5.61. The van der Waals surface area contributed by atoms with E-state index < -0.39 is 6.04 Å². The lowest BCUT2D eigenvalue weighted by Crippen LogP contribution is -2.45. The smallest absolute Gasteiger partial charge is 0.270 e. The third kappa shape index (κ3) is 32.7.